The second-order valence-corrected chi connectivity index (χ2v) is 25.6. The van der Waals surface area contributed by atoms with Gasteiger partial charge in [-0.15, -0.1) is 23.8 Å². The monoisotopic (exact) mass is 917 g/mol. The SMILES string of the molecule is [2H]C(C)(C)c1c[c-]c(-c2cc[c]([Ge]([CH3])([CH3])[CH3])cn2)cc1.[2H]C([2H])([2H])c1ccc(-c2ccc3c(c2)oc2c[c-]c(-c4cc(C([2H])([2H])C(C)(C)C)ccn4)cc23)cc1.[Ir]. The van der Waals surface area contributed by atoms with Gasteiger partial charge in [-0.2, -0.15) is 0 Å². The van der Waals surface area contributed by atoms with E-state index in [4.69, 9.17) is 12.6 Å². The normalized spacial score (nSPS) is 14.2. The van der Waals surface area contributed by atoms with Crippen LogP contribution in [0.25, 0.3) is 55.6 Å². The molecule has 0 spiro atoms. The van der Waals surface area contributed by atoms with Gasteiger partial charge >= 0.3 is 120 Å². The molecule has 3 heterocycles. The second-order valence-electron chi connectivity index (χ2n) is 15.0. The van der Waals surface area contributed by atoms with Crippen molar-refractivity contribution in [2.75, 3.05) is 0 Å². The molecule has 5 heteroatoms. The van der Waals surface area contributed by atoms with Crippen molar-refractivity contribution >= 4 is 39.6 Å². The molecule has 4 aromatic carbocycles. The fourth-order valence-electron chi connectivity index (χ4n) is 5.69. The van der Waals surface area contributed by atoms with Gasteiger partial charge in [-0.3, -0.25) is 0 Å². The van der Waals surface area contributed by atoms with Gasteiger partial charge in [-0.05, 0) is 47.6 Å². The van der Waals surface area contributed by atoms with E-state index >= 15 is 0 Å². The molecule has 0 aliphatic heterocycles. The number of rotatable bonds is 6. The number of pyridine rings is 2. The largest absolute Gasteiger partial charge is 0.500 e. The molecule has 1 radical (unpaired) electrons. The average molecular weight is 916 g/mol. The molecule has 7 rings (SSSR count). The Labute approximate surface area is 329 Å². The van der Waals surface area contributed by atoms with Crippen LogP contribution in [-0.4, -0.2) is 23.2 Å². The van der Waals surface area contributed by atoms with Crippen molar-refractivity contribution in [3.8, 4) is 33.6 Å². The molecule has 0 aliphatic carbocycles. The van der Waals surface area contributed by atoms with Crippen LogP contribution in [0.2, 0.25) is 17.3 Å². The van der Waals surface area contributed by atoms with Crippen LogP contribution in [0.4, 0.5) is 0 Å². The zero-order chi connectivity index (χ0) is 40.8. The van der Waals surface area contributed by atoms with Gasteiger partial charge in [-0.1, -0.05) is 79.7 Å². The summed E-state index contributed by atoms with van der Waals surface area (Å²) in [5, 5.41) is 1.87. The zero-order valence-electron chi connectivity index (χ0n) is 36.5. The second kappa shape index (κ2) is 15.8. The smallest absolute Gasteiger partial charge is 0.121 e. The van der Waals surface area contributed by atoms with Crippen molar-refractivity contribution in [3.63, 3.8) is 0 Å². The Morgan fingerprint density at radius 1 is 0.784 bits per heavy atom. The van der Waals surface area contributed by atoms with Gasteiger partial charge in [0.2, 0.25) is 0 Å². The molecule has 0 N–H and O–H groups in total. The first-order chi connectivity index (χ1) is 26.0. The van der Waals surface area contributed by atoms with Crippen LogP contribution in [0.5, 0.6) is 0 Å². The third-order valence-corrected chi connectivity index (χ3v) is 12.7. The maximum atomic E-state index is 8.61. The maximum absolute atomic E-state index is 8.61. The summed E-state index contributed by atoms with van der Waals surface area (Å²) < 4.78 is 55.4. The molecule has 0 saturated heterocycles. The molecular formula is C46H48GeIrN2O-2. The summed E-state index contributed by atoms with van der Waals surface area (Å²) in [7, 11) is 0. The van der Waals surface area contributed by atoms with Gasteiger partial charge in [0.15, 0.2) is 0 Å². The minimum Gasteiger partial charge on any atom is -0.500 e. The molecule has 0 amide bonds. The maximum Gasteiger partial charge on any atom is 0.121 e. The van der Waals surface area contributed by atoms with Gasteiger partial charge in [0.05, 0.1) is 5.58 Å². The number of hydrogen-bond acceptors (Lipinski definition) is 3. The average Bonchev–Trinajstić information content (AvgIpc) is 3.51. The summed E-state index contributed by atoms with van der Waals surface area (Å²) in [5.41, 5.74) is 7.93. The summed E-state index contributed by atoms with van der Waals surface area (Å²) >= 11 is -1.78. The van der Waals surface area contributed by atoms with Crippen molar-refractivity contribution in [1.29, 1.82) is 0 Å². The molecule has 0 unspecified atom stereocenters. The van der Waals surface area contributed by atoms with E-state index in [1.54, 1.807) is 36.5 Å². The van der Waals surface area contributed by atoms with Gasteiger partial charge < -0.3 is 9.40 Å². The predicted molar refractivity (Wildman–Crippen MR) is 215 cm³/mol. The Balaban J connectivity index is 0.000000251. The van der Waals surface area contributed by atoms with Crippen LogP contribution < -0.4 is 4.40 Å². The first-order valence-electron chi connectivity index (χ1n) is 20.0. The minimum absolute atomic E-state index is 0. The van der Waals surface area contributed by atoms with E-state index in [1.165, 1.54) is 4.40 Å². The number of benzene rings is 4. The molecule has 0 fully saturated rings. The summed E-state index contributed by atoms with van der Waals surface area (Å²) in [5.74, 6) is 6.53. The van der Waals surface area contributed by atoms with E-state index in [9.17, 15) is 0 Å². The van der Waals surface area contributed by atoms with E-state index in [1.807, 2.05) is 95.4 Å². The zero-order valence-corrected chi connectivity index (χ0v) is 35.0. The van der Waals surface area contributed by atoms with Gasteiger partial charge in [0, 0.05) is 38.5 Å². The first kappa shape index (κ1) is 30.8. The van der Waals surface area contributed by atoms with E-state index in [-0.39, 0.29) is 20.1 Å². The fourth-order valence-corrected chi connectivity index (χ4v) is 7.86. The molecular weight excluding hydrogens is 861 g/mol. The van der Waals surface area contributed by atoms with Gasteiger partial charge in [0.1, 0.15) is 5.58 Å². The number of furan rings is 1. The van der Waals surface area contributed by atoms with E-state index in [0.717, 1.165) is 49.9 Å². The standard InChI is InChI=1S/C29H26NO.C17H22GeN.Ir/c1-19-5-7-21(8-6-19)22-9-11-24-25-16-23(10-12-27(25)31-28(24)17-22)26-15-20(13-14-30-26)18-29(2,3)4;1-13(2)14-6-8-15(9-7-14)17-11-10-16(12-19-17)18(3,4)5;/h5-9,11-17H,18H2,1-4H3;6-8,10-13H,1-5H3;/q2*-1;/i1D3,18D2;13D;. The minimum atomic E-state index is -2.13. The molecule has 3 aromatic heterocycles. The van der Waals surface area contributed by atoms with Crippen LogP contribution in [0, 0.1) is 24.4 Å². The first-order valence-corrected chi connectivity index (χ1v) is 24.3. The summed E-state index contributed by atoms with van der Waals surface area (Å²) in [4.78, 5) is 9.06. The van der Waals surface area contributed by atoms with Crippen LogP contribution in [-0.2, 0) is 26.5 Å². The third-order valence-electron chi connectivity index (χ3n) is 8.47. The number of aryl methyl sites for hydroxylation is 1. The molecule has 0 bridgehead atoms. The van der Waals surface area contributed by atoms with Gasteiger partial charge in [-0.25, -0.2) is 0 Å². The number of fused-ring (bicyclic) bond motifs is 3. The summed E-state index contributed by atoms with van der Waals surface area (Å²) in [6, 6.07) is 36.8. The number of aromatic nitrogens is 2. The Morgan fingerprint density at radius 2 is 1.53 bits per heavy atom. The van der Waals surface area contributed by atoms with Crippen LogP contribution in [0.15, 0.2) is 114 Å². The van der Waals surface area contributed by atoms with Gasteiger partial charge in [0.25, 0.3) is 0 Å². The molecule has 3 nitrogen and oxygen atoms in total. The predicted octanol–water partition coefficient (Wildman–Crippen LogP) is 12.2. The molecule has 51 heavy (non-hydrogen) atoms. The molecule has 0 saturated carbocycles. The Hall–Kier alpha value is -3.83. The topological polar surface area (TPSA) is 38.9 Å². The number of hydrogen-bond donors (Lipinski definition) is 0. The van der Waals surface area contributed by atoms with E-state index in [2.05, 4.69) is 51.5 Å². The van der Waals surface area contributed by atoms with Crippen molar-refractivity contribution in [2.24, 2.45) is 5.41 Å². The Morgan fingerprint density at radius 3 is 2.16 bits per heavy atom. The molecule has 263 valence electrons. The quantitative estimate of drug-likeness (QED) is 0.123. The van der Waals surface area contributed by atoms with Crippen molar-refractivity contribution in [1.82, 2.24) is 9.97 Å². The van der Waals surface area contributed by atoms with Crippen LogP contribution in [0.1, 0.15) is 65.4 Å². The van der Waals surface area contributed by atoms with Crippen LogP contribution >= 0.6 is 0 Å². The van der Waals surface area contributed by atoms with Crippen molar-refractivity contribution < 1.29 is 32.7 Å². The molecule has 0 atom stereocenters. The van der Waals surface area contributed by atoms with Crippen LogP contribution in [0.3, 0.4) is 0 Å². The van der Waals surface area contributed by atoms with E-state index < -0.39 is 37.8 Å². The third kappa shape index (κ3) is 9.54. The van der Waals surface area contributed by atoms with Crippen molar-refractivity contribution in [3.05, 3.63) is 138 Å². The summed E-state index contributed by atoms with van der Waals surface area (Å²) in [6.07, 6.45) is 2.14. The Kier molecular flexibility index (Phi) is 9.54. The molecule has 0 aliphatic rings. The van der Waals surface area contributed by atoms with E-state index in [0.29, 0.717) is 22.4 Å². The molecule has 7 aromatic rings. The van der Waals surface area contributed by atoms with Crippen molar-refractivity contribution in [2.45, 2.75) is 71.0 Å². The number of nitrogens with zero attached hydrogens (tertiary/aromatic N) is 2. The Bertz CT molecular complexity index is 2420. The fraction of sp³-hybridized carbons (Fsp3) is 0.261. The summed E-state index contributed by atoms with van der Waals surface area (Å²) in [6.45, 7) is 7.31.